The number of hydrogen-bond donors (Lipinski definition) is 1. The van der Waals surface area contributed by atoms with Gasteiger partial charge in [-0.2, -0.15) is 0 Å². The Bertz CT molecular complexity index is 1010. The molecule has 0 atom stereocenters. The highest BCUT2D eigenvalue weighted by molar-refractivity contribution is 5.91. The third kappa shape index (κ3) is 6.34. The van der Waals surface area contributed by atoms with E-state index in [-0.39, 0.29) is 24.9 Å². The highest BCUT2D eigenvalue weighted by Crippen LogP contribution is 2.28. The van der Waals surface area contributed by atoms with E-state index in [1.54, 1.807) is 42.5 Å². The number of ether oxygens (including phenoxy) is 2. The summed E-state index contributed by atoms with van der Waals surface area (Å²) in [6, 6.07) is 20.5. The van der Waals surface area contributed by atoms with Gasteiger partial charge in [-0.15, -0.1) is 0 Å². The monoisotopic (exact) mass is 408 g/mol. The summed E-state index contributed by atoms with van der Waals surface area (Å²) >= 11 is 0. The van der Waals surface area contributed by atoms with Gasteiger partial charge in [0.1, 0.15) is 12.4 Å². The van der Waals surface area contributed by atoms with Crippen LogP contribution in [0.15, 0.2) is 78.0 Å². The summed E-state index contributed by atoms with van der Waals surface area (Å²) in [5.74, 6) is 0.392. The van der Waals surface area contributed by atoms with Gasteiger partial charge in [0.2, 0.25) is 0 Å². The van der Waals surface area contributed by atoms with E-state index >= 15 is 0 Å². The maximum Gasteiger partial charge on any atom is 0.265 e. The van der Waals surface area contributed by atoms with Gasteiger partial charge in [-0.1, -0.05) is 35.5 Å². The number of methoxy groups -OCH3 is 1. The quantitative estimate of drug-likeness (QED) is 0.421. The summed E-state index contributed by atoms with van der Waals surface area (Å²) in [5, 5.41) is 6.51. The first-order valence-corrected chi connectivity index (χ1v) is 9.19. The molecule has 3 aromatic rings. The van der Waals surface area contributed by atoms with Gasteiger partial charge in [0.05, 0.1) is 13.3 Å². The lowest BCUT2D eigenvalue weighted by Crippen LogP contribution is -2.16. The number of carbonyl (C=O) groups excluding carboxylic acids is 1. The van der Waals surface area contributed by atoms with Gasteiger partial charge in [-0.25, -0.2) is 4.39 Å². The van der Waals surface area contributed by atoms with Crippen LogP contribution in [0.2, 0.25) is 0 Å². The second-order valence-corrected chi connectivity index (χ2v) is 6.25. The first-order valence-electron chi connectivity index (χ1n) is 9.19. The Morgan fingerprint density at radius 3 is 2.63 bits per heavy atom. The zero-order valence-corrected chi connectivity index (χ0v) is 16.4. The molecule has 3 aromatic carbocycles. The van der Waals surface area contributed by atoms with Crippen molar-refractivity contribution < 1.29 is 23.5 Å². The normalized spacial score (nSPS) is 10.6. The lowest BCUT2D eigenvalue weighted by molar-refractivity contribution is -0.120. The maximum absolute atomic E-state index is 13.3. The molecule has 0 heterocycles. The molecule has 0 saturated heterocycles. The molecule has 0 bridgehead atoms. The SMILES string of the molecule is COc1cc(/C=N/OCC(=O)Nc2ccccc2)ccc1OCc1cccc(F)c1. The van der Waals surface area contributed by atoms with E-state index in [0.717, 1.165) is 0 Å². The van der Waals surface area contributed by atoms with Crippen LogP contribution in [0.4, 0.5) is 10.1 Å². The number of rotatable bonds is 9. The molecule has 0 unspecified atom stereocenters. The standard InChI is InChI=1S/C23H21FN2O4/c1-28-22-13-17(10-11-21(22)29-15-18-6-5-7-19(24)12-18)14-25-30-16-23(27)26-20-8-3-2-4-9-20/h2-14H,15-16H2,1H3,(H,26,27)/b25-14+. The van der Waals surface area contributed by atoms with Crippen LogP contribution >= 0.6 is 0 Å². The largest absolute Gasteiger partial charge is 0.493 e. The van der Waals surface area contributed by atoms with E-state index in [2.05, 4.69) is 10.5 Å². The average molecular weight is 408 g/mol. The fraction of sp³-hybridized carbons (Fsp3) is 0.130. The molecule has 6 nitrogen and oxygen atoms in total. The van der Waals surface area contributed by atoms with E-state index in [1.807, 2.05) is 18.2 Å². The fourth-order valence-electron chi connectivity index (χ4n) is 2.58. The number of amides is 1. The predicted octanol–water partition coefficient (Wildman–Crippen LogP) is 4.40. The molecule has 0 aliphatic carbocycles. The van der Waals surface area contributed by atoms with Crippen molar-refractivity contribution in [2.24, 2.45) is 5.16 Å². The highest BCUT2D eigenvalue weighted by Gasteiger charge is 2.07. The molecule has 0 fully saturated rings. The Kier molecular flexibility index (Phi) is 7.38. The number of benzene rings is 3. The molecule has 0 radical (unpaired) electrons. The summed E-state index contributed by atoms with van der Waals surface area (Å²) in [7, 11) is 1.52. The topological polar surface area (TPSA) is 69.2 Å². The summed E-state index contributed by atoms with van der Waals surface area (Å²) in [6.45, 7) is -0.00144. The summed E-state index contributed by atoms with van der Waals surface area (Å²) in [5.41, 5.74) is 2.10. The van der Waals surface area contributed by atoms with E-state index in [1.165, 1.54) is 25.5 Å². The number of carbonyl (C=O) groups is 1. The van der Waals surface area contributed by atoms with Crippen LogP contribution in [-0.4, -0.2) is 25.8 Å². The molecular weight excluding hydrogens is 387 g/mol. The molecule has 1 amide bonds. The fourth-order valence-corrected chi connectivity index (χ4v) is 2.58. The Hall–Kier alpha value is -3.87. The minimum atomic E-state index is -0.313. The Labute approximate surface area is 173 Å². The Morgan fingerprint density at radius 1 is 1.03 bits per heavy atom. The van der Waals surface area contributed by atoms with Crippen LogP contribution in [0.25, 0.3) is 0 Å². The van der Waals surface area contributed by atoms with Crippen molar-refractivity contribution in [1.29, 1.82) is 0 Å². The lowest BCUT2D eigenvalue weighted by atomic mass is 10.2. The van der Waals surface area contributed by atoms with Crippen molar-refractivity contribution in [3.63, 3.8) is 0 Å². The van der Waals surface area contributed by atoms with Crippen molar-refractivity contribution in [2.75, 3.05) is 19.0 Å². The van der Waals surface area contributed by atoms with E-state index in [0.29, 0.717) is 28.3 Å². The van der Waals surface area contributed by atoms with Gasteiger partial charge in [0.15, 0.2) is 18.1 Å². The molecule has 0 aromatic heterocycles. The van der Waals surface area contributed by atoms with Gasteiger partial charge < -0.3 is 19.6 Å². The molecule has 3 rings (SSSR count). The zero-order valence-electron chi connectivity index (χ0n) is 16.4. The molecule has 154 valence electrons. The van der Waals surface area contributed by atoms with Gasteiger partial charge in [-0.05, 0) is 48.0 Å². The van der Waals surface area contributed by atoms with E-state index < -0.39 is 0 Å². The molecule has 30 heavy (non-hydrogen) atoms. The van der Waals surface area contributed by atoms with E-state index in [9.17, 15) is 9.18 Å². The second-order valence-electron chi connectivity index (χ2n) is 6.25. The van der Waals surface area contributed by atoms with Gasteiger partial charge in [0.25, 0.3) is 5.91 Å². The number of halogens is 1. The summed E-state index contributed by atoms with van der Waals surface area (Å²) < 4.78 is 24.3. The number of oxime groups is 1. The molecule has 0 aliphatic heterocycles. The van der Waals surface area contributed by atoms with Crippen molar-refractivity contribution in [3.8, 4) is 11.5 Å². The summed E-state index contributed by atoms with van der Waals surface area (Å²) in [4.78, 5) is 16.9. The van der Waals surface area contributed by atoms with Crippen molar-refractivity contribution >= 4 is 17.8 Å². The lowest BCUT2D eigenvalue weighted by Gasteiger charge is -2.11. The van der Waals surface area contributed by atoms with Gasteiger partial charge in [0, 0.05) is 11.3 Å². The Balaban J connectivity index is 1.51. The molecule has 1 N–H and O–H groups in total. The number of nitrogens with zero attached hydrogens (tertiary/aromatic N) is 1. The predicted molar refractivity (Wildman–Crippen MR) is 112 cm³/mol. The zero-order chi connectivity index (χ0) is 21.2. The van der Waals surface area contributed by atoms with Crippen LogP contribution < -0.4 is 14.8 Å². The second kappa shape index (κ2) is 10.6. The van der Waals surface area contributed by atoms with Crippen LogP contribution in [0.1, 0.15) is 11.1 Å². The number of para-hydroxylation sites is 1. The molecule has 0 spiro atoms. The molecular formula is C23H21FN2O4. The third-order valence-corrected chi connectivity index (χ3v) is 4.00. The maximum atomic E-state index is 13.3. The van der Waals surface area contributed by atoms with Crippen molar-refractivity contribution in [3.05, 3.63) is 89.7 Å². The smallest absolute Gasteiger partial charge is 0.265 e. The summed E-state index contributed by atoms with van der Waals surface area (Å²) in [6.07, 6.45) is 1.47. The highest BCUT2D eigenvalue weighted by atomic mass is 19.1. The van der Waals surface area contributed by atoms with Crippen LogP contribution in [0.3, 0.4) is 0 Å². The Morgan fingerprint density at radius 2 is 1.87 bits per heavy atom. The number of nitrogens with one attached hydrogen (secondary N) is 1. The van der Waals surface area contributed by atoms with Crippen molar-refractivity contribution in [2.45, 2.75) is 6.61 Å². The first kappa shape index (κ1) is 20.9. The minimum Gasteiger partial charge on any atom is -0.493 e. The molecule has 7 heteroatoms. The number of hydrogen-bond acceptors (Lipinski definition) is 5. The first-order chi connectivity index (χ1) is 14.6. The van der Waals surface area contributed by atoms with Crippen LogP contribution in [0.5, 0.6) is 11.5 Å². The average Bonchev–Trinajstić information content (AvgIpc) is 2.76. The molecule has 0 aliphatic rings. The number of anilines is 1. The van der Waals surface area contributed by atoms with Crippen LogP contribution in [-0.2, 0) is 16.2 Å². The van der Waals surface area contributed by atoms with E-state index in [4.69, 9.17) is 14.3 Å². The molecule has 0 saturated carbocycles. The van der Waals surface area contributed by atoms with Gasteiger partial charge >= 0.3 is 0 Å². The van der Waals surface area contributed by atoms with Gasteiger partial charge in [-0.3, -0.25) is 4.79 Å². The van der Waals surface area contributed by atoms with Crippen molar-refractivity contribution in [1.82, 2.24) is 0 Å². The third-order valence-electron chi connectivity index (χ3n) is 4.00. The van der Waals surface area contributed by atoms with Crippen LogP contribution in [0, 0.1) is 5.82 Å². The minimum absolute atomic E-state index is 0.210.